The number of urea groups is 1. The van der Waals surface area contributed by atoms with Crippen LogP contribution < -0.4 is 10.6 Å². The van der Waals surface area contributed by atoms with E-state index in [0.717, 1.165) is 39.0 Å². The van der Waals surface area contributed by atoms with Gasteiger partial charge in [-0.25, -0.2) is 4.79 Å². The minimum Gasteiger partial charge on any atom is -0.343 e. The van der Waals surface area contributed by atoms with Crippen molar-refractivity contribution in [2.24, 2.45) is 0 Å². The van der Waals surface area contributed by atoms with Crippen LogP contribution >= 0.6 is 0 Å². The van der Waals surface area contributed by atoms with Gasteiger partial charge in [0.15, 0.2) is 0 Å². The Hall–Kier alpha value is -1.30. The molecule has 0 radical (unpaired) electrons. The topological polar surface area (TPSA) is 64.7 Å². The van der Waals surface area contributed by atoms with E-state index < -0.39 is 0 Å². The molecule has 2 heterocycles. The summed E-state index contributed by atoms with van der Waals surface area (Å²) in [5, 5.41) is 5.74. The first kappa shape index (κ1) is 18.0. The fraction of sp³-hybridized carbons (Fsp3) is 0.882. The predicted octanol–water partition coefficient (Wildman–Crippen LogP) is 1.56. The number of hydrogen-bond acceptors (Lipinski definition) is 3. The van der Waals surface area contributed by atoms with E-state index >= 15 is 0 Å². The number of carbonyl (C=O) groups is 2. The molecule has 2 fully saturated rings. The number of likely N-dealkylation sites (tertiary alicyclic amines) is 2. The first-order chi connectivity index (χ1) is 11.0. The van der Waals surface area contributed by atoms with Gasteiger partial charge in [-0.2, -0.15) is 0 Å². The van der Waals surface area contributed by atoms with Crippen LogP contribution in [0.25, 0.3) is 0 Å². The fourth-order valence-electron chi connectivity index (χ4n) is 3.38. The summed E-state index contributed by atoms with van der Waals surface area (Å²) in [5.41, 5.74) is -0.0247. The van der Waals surface area contributed by atoms with Gasteiger partial charge in [0.1, 0.15) is 0 Å². The summed E-state index contributed by atoms with van der Waals surface area (Å²) in [5.74, 6) is 0.149. The molecule has 2 N–H and O–H groups in total. The highest BCUT2D eigenvalue weighted by atomic mass is 16.2. The Kier molecular flexibility index (Phi) is 6.69. The van der Waals surface area contributed by atoms with Crippen LogP contribution in [0.5, 0.6) is 0 Å². The van der Waals surface area contributed by atoms with Crippen LogP contribution in [-0.4, -0.2) is 66.5 Å². The molecule has 0 atom stereocenters. The Morgan fingerprint density at radius 2 is 1.52 bits per heavy atom. The van der Waals surface area contributed by atoms with Crippen LogP contribution in [0.4, 0.5) is 4.79 Å². The third-order valence-corrected chi connectivity index (χ3v) is 4.98. The molecule has 2 saturated heterocycles. The Bertz CT molecular complexity index is 399. The number of amides is 3. The standard InChI is InChI=1S/C17H32N4O2/c1-17(2,21-12-4-3-5-13-21)14-19-16(23)18-9-8-15(22)20-10-6-7-11-20/h3-14H2,1-2H3,(H2,18,19,23). The summed E-state index contributed by atoms with van der Waals surface area (Å²) < 4.78 is 0. The first-order valence-corrected chi connectivity index (χ1v) is 9.03. The Morgan fingerprint density at radius 1 is 0.913 bits per heavy atom. The average Bonchev–Trinajstić information content (AvgIpc) is 3.08. The van der Waals surface area contributed by atoms with Gasteiger partial charge in [0.25, 0.3) is 0 Å². The maximum absolute atomic E-state index is 11.9. The van der Waals surface area contributed by atoms with Crippen molar-refractivity contribution >= 4 is 11.9 Å². The average molecular weight is 324 g/mol. The van der Waals surface area contributed by atoms with Crippen LogP contribution in [-0.2, 0) is 4.79 Å². The van der Waals surface area contributed by atoms with Gasteiger partial charge >= 0.3 is 6.03 Å². The van der Waals surface area contributed by atoms with E-state index in [1.807, 2.05) is 4.90 Å². The molecule has 6 heteroatoms. The molecular weight excluding hydrogens is 292 g/mol. The minimum absolute atomic E-state index is 0.0247. The number of piperidine rings is 1. The van der Waals surface area contributed by atoms with E-state index in [-0.39, 0.29) is 17.5 Å². The molecule has 0 aromatic rings. The fourth-order valence-corrected chi connectivity index (χ4v) is 3.38. The predicted molar refractivity (Wildman–Crippen MR) is 91.3 cm³/mol. The highest BCUT2D eigenvalue weighted by molar-refractivity contribution is 5.78. The minimum atomic E-state index is -0.177. The molecule has 0 aromatic carbocycles. The van der Waals surface area contributed by atoms with Gasteiger partial charge in [-0.3, -0.25) is 9.69 Å². The second-order valence-corrected chi connectivity index (χ2v) is 7.31. The summed E-state index contributed by atoms with van der Waals surface area (Å²) in [6.07, 6.45) is 6.40. The van der Waals surface area contributed by atoms with E-state index in [1.165, 1.54) is 19.3 Å². The smallest absolute Gasteiger partial charge is 0.314 e. The monoisotopic (exact) mass is 324 g/mol. The zero-order valence-electron chi connectivity index (χ0n) is 14.7. The lowest BCUT2D eigenvalue weighted by Crippen LogP contribution is -2.54. The van der Waals surface area contributed by atoms with Gasteiger partial charge in [-0.05, 0) is 52.6 Å². The van der Waals surface area contributed by atoms with E-state index in [2.05, 4.69) is 29.4 Å². The largest absolute Gasteiger partial charge is 0.343 e. The Balaban J connectivity index is 1.61. The van der Waals surface area contributed by atoms with Gasteiger partial charge in [0, 0.05) is 38.1 Å². The summed E-state index contributed by atoms with van der Waals surface area (Å²) >= 11 is 0. The lowest BCUT2D eigenvalue weighted by Gasteiger charge is -2.41. The first-order valence-electron chi connectivity index (χ1n) is 9.03. The number of rotatable bonds is 6. The zero-order chi connectivity index (χ0) is 16.7. The number of nitrogens with zero attached hydrogens (tertiary/aromatic N) is 2. The third kappa shape index (κ3) is 5.68. The van der Waals surface area contributed by atoms with Crippen molar-refractivity contribution in [2.75, 3.05) is 39.3 Å². The molecule has 132 valence electrons. The summed E-state index contributed by atoms with van der Waals surface area (Å²) in [6, 6.07) is -0.177. The molecule has 0 saturated carbocycles. The molecule has 2 aliphatic rings. The Labute approximate surface area is 140 Å². The molecule has 0 unspecified atom stereocenters. The highest BCUT2D eigenvalue weighted by Gasteiger charge is 2.28. The molecule has 3 amide bonds. The molecule has 2 aliphatic heterocycles. The van der Waals surface area contributed by atoms with Crippen LogP contribution in [0, 0.1) is 0 Å². The second-order valence-electron chi connectivity index (χ2n) is 7.31. The second kappa shape index (κ2) is 8.52. The number of hydrogen-bond donors (Lipinski definition) is 2. The van der Waals surface area contributed by atoms with E-state index in [1.54, 1.807) is 0 Å². The van der Waals surface area contributed by atoms with E-state index in [0.29, 0.717) is 19.5 Å². The summed E-state index contributed by atoms with van der Waals surface area (Å²) in [7, 11) is 0. The maximum Gasteiger partial charge on any atom is 0.314 e. The van der Waals surface area contributed by atoms with Crippen molar-refractivity contribution in [2.45, 2.75) is 57.9 Å². The molecule has 0 aliphatic carbocycles. The van der Waals surface area contributed by atoms with Crippen molar-refractivity contribution in [3.63, 3.8) is 0 Å². The van der Waals surface area contributed by atoms with Crippen molar-refractivity contribution in [1.29, 1.82) is 0 Å². The Morgan fingerprint density at radius 3 is 2.17 bits per heavy atom. The molecular formula is C17H32N4O2. The van der Waals surface area contributed by atoms with Crippen molar-refractivity contribution < 1.29 is 9.59 Å². The van der Waals surface area contributed by atoms with Gasteiger partial charge in [0.2, 0.25) is 5.91 Å². The number of carbonyl (C=O) groups excluding carboxylic acids is 2. The van der Waals surface area contributed by atoms with E-state index in [9.17, 15) is 9.59 Å². The third-order valence-electron chi connectivity index (χ3n) is 4.98. The lowest BCUT2D eigenvalue weighted by molar-refractivity contribution is -0.129. The van der Waals surface area contributed by atoms with Gasteiger partial charge in [0.05, 0.1) is 0 Å². The van der Waals surface area contributed by atoms with E-state index in [4.69, 9.17) is 0 Å². The van der Waals surface area contributed by atoms with Gasteiger partial charge < -0.3 is 15.5 Å². The summed E-state index contributed by atoms with van der Waals surface area (Å²) in [6.45, 7) is 9.35. The van der Waals surface area contributed by atoms with Crippen molar-refractivity contribution in [3.8, 4) is 0 Å². The normalized spacial score (nSPS) is 19.7. The molecule has 0 aromatic heterocycles. The van der Waals surface area contributed by atoms with Crippen LogP contribution in [0.3, 0.4) is 0 Å². The van der Waals surface area contributed by atoms with Gasteiger partial charge in [-0.15, -0.1) is 0 Å². The van der Waals surface area contributed by atoms with Crippen molar-refractivity contribution in [3.05, 3.63) is 0 Å². The van der Waals surface area contributed by atoms with Crippen LogP contribution in [0.15, 0.2) is 0 Å². The molecule has 0 spiro atoms. The van der Waals surface area contributed by atoms with Crippen molar-refractivity contribution in [1.82, 2.24) is 20.4 Å². The molecule has 2 rings (SSSR count). The maximum atomic E-state index is 11.9. The van der Waals surface area contributed by atoms with Crippen LogP contribution in [0.2, 0.25) is 0 Å². The SMILES string of the molecule is CC(C)(CNC(=O)NCCC(=O)N1CCCC1)N1CCCCC1. The highest BCUT2D eigenvalue weighted by Crippen LogP contribution is 2.19. The zero-order valence-corrected chi connectivity index (χ0v) is 14.7. The van der Waals surface area contributed by atoms with Gasteiger partial charge in [-0.1, -0.05) is 6.42 Å². The molecule has 0 bridgehead atoms. The molecule has 6 nitrogen and oxygen atoms in total. The van der Waals surface area contributed by atoms with Crippen LogP contribution in [0.1, 0.15) is 52.4 Å². The molecule has 23 heavy (non-hydrogen) atoms. The summed E-state index contributed by atoms with van der Waals surface area (Å²) in [4.78, 5) is 28.1. The number of nitrogens with one attached hydrogen (secondary N) is 2. The lowest BCUT2D eigenvalue weighted by atomic mass is 9.98. The quantitative estimate of drug-likeness (QED) is 0.779.